The summed E-state index contributed by atoms with van der Waals surface area (Å²) < 4.78 is 0. The van der Waals surface area contributed by atoms with Gasteiger partial charge in [0.05, 0.1) is 0 Å². The molecule has 1 amide bonds. The van der Waals surface area contributed by atoms with Crippen LogP contribution in [0.2, 0.25) is 5.15 Å². The zero-order chi connectivity index (χ0) is 18.5. The lowest BCUT2D eigenvalue weighted by molar-refractivity contribution is -0.123. The Hall–Kier alpha value is -1.60. The Balaban J connectivity index is 1.76. The molecule has 4 N–H and O–H groups in total. The maximum Gasteiger partial charge on any atom is 0.242 e. The lowest BCUT2D eigenvalue weighted by Gasteiger charge is -2.36. The van der Waals surface area contributed by atoms with Gasteiger partial charge in [-0.05, 0) is 32.1 Å². The molecular formula is C18H29ClN6O. The second kappa shape index (κ2) is 8.86. The number of hydrogen-bond donors (Lipinski definition) is 3. The number of unbranched alkanes of at least 4 members (excludes halogenated alkanes) is 1. The van der Waals surface area contributed by atoms with E-state index >= 15 is 0 Å². The molecule has 1 saturated carbocycles. The Kier molecular flexibility index (Phi) is 6.53. The molecule has 1 atom stereocenters. The van der Waals surface area contributed by atoms with E-state index in [1.165, 1.54) is 0 Å². The summed E-state index contributed by atoms with van der Waals surface area (Å²) in [5, 5.41) is 6.75. The van der Waals surface area contributed by atoms with E-state index in [-0.39, 0.29) is 11.9 Å². The van der Waals surface area contributed by atoms with Crippen molar-refractivity contribution >= 4 is 29.3 Å². The molecule has 144 valence electrons. The molecule has 1 aliphatic heterocycles. The number of hydrogen-bond acceptors (Lipinski definition) is 6. The van der Waals surface area contributed by atoms with Gasteiger partial charge in [-0.3, -0.25) is 4.79 Å². The zero-order valence-corrected chi connectivity index (χ0v) is 16.1. The molecular weight excluding hydrogens is 352 g/mol. The molecule has 1 aromatic heterocycles. The van der Waals surface area contributed by atoms with Crippen LogP contribution in [0.3, 0.4) is 0 Å². The van der Waals surface area contributed by atoms with Crippen molar-refractivity contribution in [2.75, 3.05) is 23.3 Å². The number of aromatic nitrogens is 2. The van der Waals surface area contributed by atoms with Gasteiger partial charge in [0.1, 0.15) is 17.0 Å². The molecule has 0 bridgehead atoms. The average Bonchev–Trinajstić information content (AvgIpc) is 2.62. The van der Waals surface area contributed by atoms with Crippen molar-refractivity contribution in [2.45, 2.75) is 70.0 Å². The van der Waals surface area contributed by atoms with E-state index < -0.39 is 0 Å². The molecule has 1 unspecified atom stereocenters. The molecule has 2 fully saturated rings. The van der Waals surface area contributed by atoms with Crippen molar-refractivity contribution in [1.29, 1.82) is 0 Å². The minimum atomic E-state index is -0.199. The van der Waals surface area contributed by atoms with Gasteiger partial charge in [-0.2, -0.15) is 4.98 Å². The van der Waals surface area contributed by atoms with Crippen LogP contribution in [0.1, 0.15) is 51.9 Å². The van der Waals surface area contributed by atoms with Crippen LogP contribution in [0.25, 0.3) is 0 Å². The van der Waals surface area contributed by atoms with Gasteiger partial charge in [0.25, 0.3) is 0 Å². The van der Waals surface area contributed by atoms with Crippen LogP contribution in [0, 0.1) is 0 Å². The van der Waals surface area contributed by atoms with E-state index in [0.717, 1.165) is 57.3 Å². The third kappa shape index (κ3) is 4.76. The van der Waals surface area contributed by atoms with Crippen molar-refractivity contribution in [3.05, 3.63) is 11.2 Å². The number of amides is 1. The monoisotopic (exact) mass is 380 g/mol. The van der Waals surface area contributed by atoms with Crippen LogP contribution >= 0.6 is 11.6 Å². The summed E-state index contributed by atoms with van der Waals surface area (Å²) in [5.74, 6) is 1.32. The lowest BCUT2D eigenvalue weighted by atomic mass is 9.92. The van der Waals surface area contributed by atoms with E-state index in [4.69, 9.17) is 17.3 Å². The Morgan fingerprint density at radius 1 is 1.35 bits per heavy atom. The first-order valence-electron chi connectivity index (χ1n) is 9.68. The maximum absolute atomic E-state index is 12.3. The van der Waals surface area contributed by atoms with E-state index in [1.54, 1.807) is 6.07 Å². The zero-order valence-electron chi connectivity index (χ0n) is 15.4. The summed E-state index contributed by atoms with van der Waals surface area (Å²) in [6.07, 6.45) is 6.91. The van der Waals surface area contributed by atoms with Crippen LogP contribution in [-0.4, -0.2) is 47.1 Å². The van der Waals surface area contributed by atoms with Crippen molar-refractivity contribution in [2.24, 2.45) is 5.73 Å². The highest BCUT2D eigenvalue weighted by Gasteiger charge is 2.30. The lowest BCUT2D eigenvalue weighted by Crippen LogP contribution is -2.55. The van der Waals surface area contributed by atoms with Crippen molar-refractivity contribution in [1.82, 2.24) is 15.3 Å². The number of piperazine rings is 1. The van der Waals surface area contributed by atoms with Crippen LogP contribution in [0.5, 0.6) is 0 Å². The topological polar surface area (TPSA) is 96.2 Å². The van der Waals surface area contributed by atoms with Gasteiger partial charge in [-0.1, -0.05) is 31.4 Å². The van der Waals surface area contributed by atoms with Gasteiger partial charge in [-0.25, -0.2) is 4.98 Å². The molecule has 1 saturated heterocycles. The van der Waals surface area contributed by atoms with Crippen LogP contribution in [0.15, 0.2) is 6.07 Å². The highest BCUT2D eigenvalue weighted by atomic mass is 35.5. The first-order chi connectivity index (χ1) is 12.6. The summed E-state index contributed by atoms with van der Waals surface area (Å²) in [6.45, 7) is 3.47. The second-order valence-corrected chi connectivity index (χ2v) is 7.66. The summed E-state index contributed by atoms with van der Waals surface area (Å²) in [5.41, 5.74) is 5.98. The van der Waals surface area contributed by atoms with Crippen LogP contribution in [-0.2, 0) is 4.79 Å². The Labute approximate surface area is 160 Å². The van der Waals surface area contributed by atoms with Crippen molar-refractivity contribution < 1.29 is 4.79 Å². The number of carbonyl (C=O) groups excluding carboxylic acids is 1. The van der Waals surface area contributed by atoms with Crippen LogP contribution in [0.4, 0.5) is 11.8 Å². The fourth-order valence-electron chi connectivity index (χ4n) is 3.74. The molecule has 2 heterocycles. The first kappa shape index (κ1) is 19.2. The highest BCUT2D eigenvalue weighted by molar-refractivity contribution is 6.29. The number of nitrogens with two attached hydrogens (primary N) is 1. The van der Waals surface area contributed by atoms with E-state index in [0.29, 0.717) is 29.7 Å². The Morgan fingerprint density at radius 3 is 2.85 bits per heavy atom. The minimum absolute atomic E-state index is 0.0650. The van der Waals surface area contributed by atoms with Crippen LogP contribution < -0.4 is 21.3 Å². The molecule has 7 nitrogen and oxygen atoms in total. The molecule has 0 radical (unpaired) electrons. The normalized spacial score (nSPS) is 26.5. The van der Waals surface area contributed by atoms with E-state index in [1.807, 2.05) is 0 Å². The Bertz CT molecular complexity index is 620. The highest BCUT2D eigenvalue weighted by Crippen LogP contribution is 2.25. The number of halogens is 1. The van der Waals surface area contributed by atoms with Gasteiger partial charge in [0.2, 0.25) is 11.9 Å². The predicted molar refractivity (Wildman–Crippen MR) is 105 cm³/mol. The fraction of sp³-hybridized carbons (Fsp3) is 0.722. The predicted octanol–water partition coefficient (Wildman–Crippen LogP) is 2.31. The molecule has 1 aliphatic carbocycles. The summed E-state index contributed by atoms with van der Waals surface area (Å²) in [7, 11) is 0. The minimum Gasteiger partial charge on any atom is -0.353 e. The van der Waals surface area contributed by atoms with Gasteiger partial charge < -0.3 is 21.3 Å². The molecule has 8 heteroatoms. The molecule has 0 spiro atoms. The fourth-order valence-corrected chi connectivity index (χ4v) is 3.91. The van der Waals surface area contributed by atoms with Crippen molar-refractivity contribution in [3.63, 3.8) is 0 Å². The summed E-state index contributed by atoms with van der Waals surface area (Å²) >= 11 is 6.26. The molecule has 2 aliphatic rings. The van der Waals surface area contributed by atoms with Gasteiger partial charge in [0.15, 0.2) is 0 Å². The summed E-state index contributed by atoms with van der Waals surface area (Å²) in [4.78, 5) is 23.4. The van der Waals surface area contributed by atoms with Gasteiger partial charge >= 0.3 is 0 Å². The largest absolute Gasteiger partial charge is 0.353 e. The molecule has 26 heavy (non-hydrogen) atoms. The van der Waals surface area contributed by atoms with E-state index in [9.17, 15) is 4.79 Å². The maximum atomic E-state index is 12.3. The third-order valence-corrected chi connectivity index (χ3v) is 5.44. The standard InChI is InChI=1S/C18H29ClN6O/c1-2-3-4-14-17(26)21-9-10-25(14)16-11-15(19)23-18(24-16)22-13-7-5-12(20)6-8-13/h11-14H,2-10,20H2,1H3,(H,21,26)(H,22,23,24). The van der Waals surface area contributed by atoms with E-state index in [2.05, 4.69) is 32.4 Å². The first-order valence-corrected chi connectivity index (χ1v) is 10.1. The second-order valence-electron chi connectivity index (χ2n) is 7.27. The number of nitrogens with one attached hydrogen (secondary N) is 2. The number of rotatable bonds is 6. The molecule has 3 rings (SSSR count). The number of carbonyl (C=O) groups is 1. The van der Waals surface area contributed by atoms with Crippen molar-refractivity contribution in [3.8, 4) is 0 Å². The van der Waals surface area contributed by atoms with Gasteiger partial charge in [-0.15, -0.1) is 0 Å². The Morgan fingerprint density at radius 2 is 2.12 bits per heavy atom. The third-order valence-electron chi connectivity index (χ3n) is 5.24. The number of nitrogens with zero attached hydrogens (tertiary/aromatic N) is 3. The molecule has 1 aromatic rings. The SMILES string of the molecule is CCCCC1C(=O)NCCN1c1cc(Cl)nc(NC2CCC(N)CC2)n1. The summed E-state index contributed by atoms with van der Waals surface area (Å²) in [6, 6.07) is 2.17. The quantitative estimate of drug-likeness (QED) is 0.655. The van der Waals surface area contributed by atoms with Gasteiger partial charge in [0, 0.05) is 31.2 Å². The average molecular weight is 381 g/mol. The molecule has 0 aromatic carbocycles. The number of anilines is 2. The smallest absolute Gasteiger partial charge is 0.242 e.